The summed E-state index contributed by atoms with van der Waals surface area (Å²) in [6.45, 7) is 0. The normalized spacial score (nSPS) is 9.23. The van der Waals surface area contributed by atoms with Crippen LogP contribution in [-0.2, 0) is 9.59 Å². The number of hydrogen-bond donors (Lipinski definition) is 3. The van der Waals surface area contributed by atoms with Crippen LogP contribution >= 0.6 is 0 Å². The molecule has 1 aromatic rings. The molecule has 6 heteroatoms. The van der Waals surface area contributed by atoms with Gasteiger partial charge in [0.25, 0.3) is 0 Å². The Morgan fingerprint density at radius 1 is 1.54 bits per heavy atom. The third kappa shape index (κ3) is 2.16. The standard InChI is InChI=1S/C7H7N3O3/c8-4-1-2-9-3-5(4)10-6(11)7(12)13/h1-3H,(H2,8,9)(H,10,11)(H,12,13). The van der Waals surface area contributed by atoms with E-state index in [4.69, 9.17) is 10.8 Å². The fraction of sp³-hybridized carbons (Fsp3) is 0. The Kier molecular flexibility index (Phi) is 2.44. The number of aliphatic carboxylic acids is 1. The van der Waals surface area contributed by atoms with Gasteiger partial charge < -0.3 is 16.2 Å². The number of carboxylic acids is 1. The van der Waals surface area contributed by atoms with E-state index in [0.717, 1.165) is 0 Å². The summed E-state index contributed by atoms with van der Waals surface area (Å²) in [4.78, 5) is 24.5. The summed E-state index contributed by atoms with van der Waals surface area (Å²) in [6.07, 6.45) is 2.71. The molecule has 0 fully saturated rings. The van der Waals surface area contributed by atoms with Crippen molar-refractivity contribution < 1.29 is 14.7 Å². The van der Waals surface area contributed by atoms with Crippen LogP contribution in [0.3, 0.4) is 0 Å². The van der Waals surface area contributed by atoms with Gasteiger partial charge in [-0.3, -0.25) is 9.78 Å². The lowest BCUT2D eigenvalue weighted by Gasteiger charge is -2.03. The molecule has 1 amide bonds. The second-order valence-corrected chi connectivity index (χ2v) is 2.22. The van der Waals surface area contributed by atoms with E-state index < -0.39 is 11.9 Å². The maximum Gasteiger partial charge on any atom is 0.394 e. The lowest BCUT2D eigenvalue weighted by atomic mass is 10.3. The summed E-state index contributed by atoms with van der Waals surface area (Å²) in [5, 5.41) is 10.3. The number of carbonyl (C=O) groups excluding carboxylic acids is 1. The van der Waals surface area contributed by atoms with E-state index in [1.807, 2.05) is 0 Å². The van der Waals surface area contributed by atoms with Crippen molar-refractivity contribution >= 4 is 23.3 Å². The molecule has 0 saturated carbocycles. The number of nitrogen functional groups attached to an aromatic ring is 1. The molecule has 6 nitrogen and oxygen atoms in total. The van der Waals surface area contributed by atoms with Crippen LogP contribution in [0.25, 0.3) is 0 Å². The minimum atomic E-state index is -1.57. The van der Waals surface area contributed by atoms with Gasteiger partial charge in [-0.15, -0.1) is 0 Å². The maximum absolute atomic E-state index is 10.7. The summed E-state index contributed by atoms with van der Waals surface area (Å²) < 4.78 is 0. The second kappa shape index (κ2) is 3.53. The van der Waals surface area contributed by atoms with Crippen LogP contribution in [0, 0.1) is 0 Å². The van der Waals surface area contributed by atoms with Crippen molar-refractivity contribution in [1.82, 2.24) is 4.98 Å². The van der Waals surface area contributed by atoms with Crippen molar-refractivity contribution in [3.8, 4) is 0 Å². The van der Waals surface area contributed by atoms with Crippen LogP contribution in [0.4, 0.5) is 11.4 Å². The first-order valence-corrected chi connectivity index (χ1v) is 3.35. The van der Waals surface area contributed by atoms with Crippen molar-refractivity contribution in [3.05, 3.63) is 18.5 Å². The molecule has 0 aliphatic heterocycles. The summed E-state index contributed by atoms with van der Waals surface area (Å²) in [5.41, 5.74) is 5.88. The average Bonchev–Trinajstić information content (AvgIpc) is 2.08. The van der Waals surface area contributed by atoms with Gasteiger partial charge in [0.05, 0.1) is 17.6 Å². The van der Waals surface area contributed by atoms with E-state index in [0.29, 0.717) is 0 Å². The molecule has 1 heterocycles. The zero-order chi connectivity index (χ0) is 9.84. The molecule has 0 unspecified atom stereocenters. The highest BCUT2D eigenvalue weighted by atomic mass is 16.4. The van der Waals surface area contributed by atoms with Crippen LogP contribution < -0.4 is 11.1 Å². The third-order valence-corrected chi connectivity index (χ3v) is 1.30. The Hall–Kier alpha value is -2.11. The first kappa shape index (κ1) is 8.98. The first-order valence-electron chi connectivity index (χ1n) is 3.35. The molecule has 4 N–H and O–H groups in total. The fourth-order valence-electron chi connectivity index (χ4n) is 0.685. The van der Waals surface area contributed by atoms with Crippen molar-refractivity contribution in [2.24, 2.45) is 0 Å². The number of anilines is 2. The number of carbonyl (C=O) groups is 2. The quantitative estimate of drug-likeness (QED) is 0.515. The molecule has 0 bridgehead atoms. The molecule has 0 aliphatic carbocycles. The van der Waals surface area contributed by atoms with Gasteiger partial charge in [-0.1, -0.05) is 0 Å². The molecule has 0 saturated heterocycles. The topological polar surface area (TPSA) is 105 Å². The molecular formula is C7H7N3O3. The molecule has 0 aromatic carbocycles. The summed E-state index contributed by atoms with van der Waals surface area (Å²) >= 11 is 0. The highest BCUT2D eigenvalue weighted by molar-refractivity contribution is 6.36. The average molecular weight is 181 g/mol. The first-order chi connectivity index (χ1) is 6.11. The highest BCUT2D eigenvalue weighted by Gasteiger charge is 2.12. The van der Waals surface area contributed by atoms with Gasteiger partial charge in [0, 0.05) is 6.20 Å². The molecule has 1 rings (SSSR count). The highest BCUT2D eigenvalue weighted by Crippen LogP contribution is 2.14. The number of carboxylic acid groups (broad SMARTS) is 1. The molecule has 13 heavy (non-hydrogen) atoms. The Morgan fingerprint density at radius 2 is 2.23 bits per heavy atom. The molecule has 1 aromatic heterocycles. The number of nitrogens with one attached hydrogen (secondary N) is 1. The van der Waals surface area contributed by atoms with Crippen LogP contribution in [0.1, 0.15) is 0 Å². The van der Waals surface area contributed by atoms with E-state index in [1.165, 1.54) is 18.5 Å². The van der Waals surface area contributed by atoms with Gasteiger partial charge in [0.1, 0.15) is 0 Å². The molecular weight excluding hydrogens is 174 g/mol. The lowest BCUT2D eigenvalue weighted by Crippen LogP contribution is -2.22. The second-order valence-electron chi connectivity index (χ2n) is 2.22. The summed E-state index contributed by atoms with van der Waals surface area (Å²) in [7, 11) is 0. The molecule has 0 atom stereocenters. The van der Waals surface area contributed by atoms with E-state index >= 15 is 0 Å². The van der Waals surface area contributed by atoms with Crippen LogP contribution in [-0.4, -0.2) is 22.0 Å². The lowest BCUT2D eigenvalue weighted by molar-refractivity contribution is -0.147. The monoisotopic (exact) mass is 181 g/mol. The van der Waals surface area contributed by atoms with Crippen molar-refractivity contribution in [2.45, 2.75) is 0 Å². The van der Waals surface area contributed by atoms with E-state index in [-0.39, 0.29) is 11.4 Å². The Labute approximate surface area is 73.4 Å². The zero-order valence-corrected chi connectivity index (χ0v) is 6.52. The van der Waals surface area contributed by atoms with Crippen molar-refractivity contribution in [3.63, 3.8) is 0 Å². The van der Waals surface area contributed by atoms with Gasteiger partial charge in [-0.2, -0.15) is 0 Å². The minimum absolute atomic E-state index is 0.190. The van der Waals surface area contributed by atoms with Crippen LogP contribution in [0.15, 0.2) is 18.5 Å². The minimum Gasteiger partial charge on any atom is -0.474 e. The van der Waals surface area contributed by atoms with Gasteiger partial charge in [0.15, 0.2) is 0 Å². The number of amides is 1. The Balaban J connectivity index is 2.81. The number of rotatable bonds is 1. The molecule has 68 valence electrons. The van der Waals surface area contributed by atoms with E-state index in [9.17, 15) is 9.59 Å². The molecule has 0 radical (unpaired) electrons. The van der Waals surface area contributed by atoms with Gasteiger partial charge in [-0.05, 0) is 6.07 Å². The van der Waals surface area contributed by atoms with Gasteiger partial charge in [-0.25, -0.2) is 4.79 Å². The predicted molar refractivity (Wildman–Crippen MR) is 44.9 cm³/mol. The van der Waals surface area contributed by atoms with E-state index in [2.05, 4.69) is 10.3 Å². The maximum atomic E-state index is 10.7. The number of nitrogens with two attached hydrogens (primary N) is 1. The third-order valence-electron chi connectivity index (χ3n) is 1.30. The van der Waals surface area contributed by atoms with Gasteiger partial charge in [0.2, 0.25) is 0 Å². The number of nitrogens with zero attached hydrogens (tertiary/aromatic N) is 1. The number of hydrogen-bond acceptors (Lipinski definition) is 4. The van der Waals surface area contributed by atoms with Crippen molar-refractivity contribution in [1.29, 1.82) is 0 Å². The smallest absolute Gasteiger partial charge is 0.394 e. The Bertz CT molecular complexity index is 351. The van der Waals surface area contributed by atoms with Gasteiger partial charge >= 0.3 is 11.9 Å². The largest absolute Gasteiger partial charge is 0.474 e. The summed E-state index contributed by atoms with van der Waals surface area (Å²) in [6, 6.07) is 1.46. The molecule has 0 aliphatic rings. The van der Waals surface area contributed by atoms with Crippen LogP contribution in [0.5, 0.6) is 0 Å². The fourth-order valence-corrected chi connectivity index (χ4v) is 0.685. The van der Waals surface area contributed by atoms with Crippen LogP contribution in [0.2, 0.25) is 0 Å². The summed E-state index contributed by atoms with van der Waals surface area (Å²) in [5.74, 6) is -2.71. The zero-order valence-electron chi connectivity index (χ0n) is 6.52. The van der Waals surface area contributed by atoms with E-state index in [1.54, 1.807) is 0 Å². The molecule has 0 spiro atoms. The SMILES string of the molecule is Nc1ccncc1NC(=O)C(=O)O. The van der Waals surface area contributed by atoms with Crippen molar-refractivity contribution in [2.75, 3.05) is 11.1 Å². The predicted octanol–water partition coefficient (Wildman–Crippen LogP) is -0.313. The Morgan fingerprint density at radius 3 is 2.77 bits per heavy atom. The number of aromatic nitrogens is 1. The number of pyridine rings is 1.